The predicted octanol–water partition coefficient (Wildman–Crippen LogP) is 2.03. The number of hydrogen-bond donors (Lipinski definition) is 1. The predicted molar refractivity (Wildman–Crippen MR) is 94.3 cm³/mol. The zero-order valence-corrected chi connectivity index (χ0v) is 14.6. The standard InChI is InChI=1S/C18H21N5O2/c1-12-5-4-6-15-16(7-13(2)22-18(12)15)25-9-17(24)21-14(3)8-23-11-19-10-20-23/h4-7,10-11,14H,8-9H2,1-3H3,(H,21,24). The van der Waals surface area contributed by atoms with Crippen LogP contribution in [-0.2, 0) is 11.3 Å². The largest absolute Gasteiger partial charge is 0.483 e. The molecule has 7 nitrogen and oxygen atoms in total. The first-order valence-corrected chi connectivity index (χ1v) is 8.14. The van der Waals surface area contributed by atoms with Crippen LogP contribution in [0.1, 0.15) is 18.2 Å². The molecule has 0 aliphatic carbocycles. The topological polar surface area (TPSA) is 81.9 Å². The monoisotopic (exact) mass is 339 g/mol. The van der Waals surface area contributed by atoms with Crippen molar-refractivity contribution >= 4 is 16.8 Å². The Balaban J connectivity index is 1.64. The van der Waals surface area contributed by atoms with E-state index in [-0.39, 0.29) is 18.6 Å². The number of nitrogens with zero attached hydrogens (tertiary/aromatic N) is 4. The van der Waals surface area contributed by atoms with Gasteiger partial charge in [-0.2, -0.15) is 5.10 Å². The molecule has 1 aromatic carbocycles. The number of pyridine rings is 1. The lowest BCUT2D eigenvalue weighted by molar-refractivity contribution is -0.123. The second-order valence-corrected chi connectivity index (χ2v) is 6.11. The first kappa shape index (κ1) is 16.9. The number of aryl methyl sites for hydroxylation is 2. The van der Waals surface area contributed by atoms with E-state index in [2.05, 4.69) is 20.4 Å². The van der Waals surface area contributed by atoms with Crippen molar-refractivity contribution in [3.05, 3.63) is 48.2 Å². The van der Waals surface area contributed by atoms with Gasteiger partial charge in [0, 0.05) is 23.2 Å². The molecular weight excluding hydrogens is 318 g/mol. The minimum atomic E-state index is -0.178. The number of carbonyl (C=O) groups excluding carboxylic acids is 1. The van der Waals surface area contributed by atoms with Gasteiger partial charge in [0.2, 0.25) is 0 Å². The molecule has 1 amide bonds. The summed E-state index contributed by atoms with van der Waals surface area (Å²) in [6, 6.07) is 7.71. The van der Waals surface area contributed by atoms with Crippen molar-refractivity contribution < 1.29 is 9.53 Å². The minimum absolute atomic E-state index is 0.0474. The Kier molecular flexibility index (Phi) is 4.92. The number of ether oxygens (including phenoxy) is 1. The number of nitrogens with one attached hydrogen (secondary N) is 1. The first-order chi connectivity index (χ1) is 12.0. The number of fused-ring (bicyclic) bond motifs is 1. The third-order valence-electron chi connectivity index (χ3n) is 3.83. The lowest BCUT2D eigenvalue weighted by Crippen LogP contribution is -2.38. The quantitative estimate of drug-likeness (QED) is 0.743. The van der Waals surface area contributed by atoms with Crippen LogP contribution in [0, 0.1) is 13.8 Å². The molecule has 0 fully saturated rings. The average molecular weight is 339 g/mol. The fourth-order valence-corrected chi connectivity index (χ4v) is 2.71. The molecule has 1 N–H and O–H groups in total. The van der Waals surface area contributed by atoms with Crippen LogP contribution < -0.4 is 10.1 Å². The number of benzene rings is 1. The Hall–Kier alpha value is -2.96. The lowest BCUT2D eigenvalue weighted by atomic mass is 10.1. The van der Waals surface area contributed by atoms with E-state index in [1.54, 1.807) is 11.0 Å². The van der Waals surface area contributed by atoms with Crippen LogP contribution in [0.15, 0.2) is 36.9 Å². The zero-order chi connectivity index (χ0) is 17.8. The number of amides is 1. The maximum absolute atomic E-state index is 12.1. The summed E-state index contributed by atoms with van der Waals surface area (Å²) >= 11 is 0. The van der Waals surface area contributed by atoms with Crippen LogP contribution in [0.5, 0.6) is 5.75 Å². The maximum atomic E-state index is 12.1. The molecule has 0 bridgehead atoms. The van der Waals surface area contributed by atoms with Crippen molar-refractivity contribution in [3.8, 4) is 5.75 Å². The molecule has 130 valence electrons. The average Bonchev–Trinajstić information content (AvgIpc) is 3.06. The van der Waals surface area contributed by atoms with Gasteiger partial charge in [0.1, 0.15) is 18.4 Å². The molecule has 0 saturated carbocycles. The Morgan fingerprint density at radius 2 is 2.20 bits per heavy atom. The molecule has 7 heteroatoms. The van der Waals surface area contributed by atoms with E-state index in [9.17, 15) is 4.79 Å². The van der Waals surface area contributed by atoms with Gasteiger partial charge in [0.15, 0.2) is 6.61 Å². The van der Waals surface area contributed by atoms with E-state index in [1.807, 2.05) is 45.0 Å². The van der Waals surface area contributed by atoms with Gasteiger partial charge in [-0.1, -0.05) is 12.1 Å². The van der Waals surface area contributed by atoms with Crippen molar-refractivity contribution in [3.63, 3.8) is 0 Å². The van der Waals surface area contributed by atoms with Gasteiger partial charge in [-0.25, -0.2) is 4.98 Å². The van der Waals surface area contributed by atoms with Gasteiger partial charge in [0.05, 0.1) is 12.1 Å². The highest BCUT2D eigenvalue weighted by Gasteiger charge is 2.12. The van der Waals surface area contributed by atoms with Crippen LogP contribution in [0.4, 0.5) is 0 Å². The van der Waals surface area contributed by atoms with E-state index >= 15 is 0 Å². The molecule has 2 heterocycles. The molecular formula is C18H21N5O2. The van der Waals surface area contributed by atoms with Crippen molar-refractivity contribution in [1.29, 1.82) is 0 Å². The third kappa shape index (κ3) is 4.12. The third-order valence-corrected chi connectivity index (χ3v) is 3.83. The van der Waals surface area contributed by atoms with Crippen LogP contribution >= 0.6 is 0 Å². The van der Waals surface area contributed by atoms with Gasteiger partial charge in [-0.05, 0) is 32.4 Å². The molecule has 3 rings (SSSR count). The summed E-state index contributed by atoms with van der Waals surface area (Å²) in [4.78, 5) is 20.6. The number of hydrogen-bond acceptors (Lipinski definition) is 5. The summed E-state index contributed by atoms with van der Waals surface area (Å²) in [5.74, 6) is 0.494. The van der Waals surface area contributed by atoms with Crippen LogP contribution in [0.2, 0.25) is 0 Å². The molecule has 0 radical (unpaired) electrons. The summed E-state index contributed by atoms with van der Waals surface area (Å²) < 4.78 is 7.44. The van der Waals surface area contributed by atoms with E-state index < -0.39 is 0 Å². The molecule has 0 aliphatic rings. The first-order valence-electron chi connectivity index (χ1n) is 8.14. The fraction of sp³-hybridized carbons (Fsp3) is 0.333. The summed E-state index contributed by atoms with van der Waals surface area (Å²) in [6.07, 6.45) is 3.09. The van der Waals surface area contributed by atoms with Crippen LogP contribution in [0.25, 0.3) is 10.9 Å². The molecule has 1 unspecified atom stereocenters. The van der Waals surface area contributed by atoms with Crippen LogP contribution in [0.3, 0.4) is 0 Å². The summed E-state index contributed by atoms with van der Waals surface area (Å²) in [6.45, 7) is 6.35. The second kappa shape index (κ2) is 7.29. The van der Waals surface area contributed by atoms with Gasteiger partial charge in [0.25, 0.3) is 5.91 Å². The number of aromatic nitrogens is 4. The second-order valence-electron chi connectivity index (χ2n) is 6.11. The summed E-state index contributed by atoms with van der Waals surface area (Å²) in [5.41, 5.74) is 2.84. The molecule has 0 spiro atoms. The van der Waals surface area contributed by atoms with E-state index in [0.29, 0.717) is 12.3 Å². The van der Waals surface area contributed by atoms with E-state index in [4.69, 9.17) is 4.74 Å². The van der Waals surface area contributed by atoms with E-state index in [1.165, 1.54) is 6.33 Å². The van der Waals surface area contributed by atoms with E-state index in [0.717, 1.165) is 22.2 Å². The minimum Gasteiger partial charge on any atom is -0.483 e. The Labute approximate surface area is 146 Å². The molecule has 3 aromatic rings. The zero-order valence-electron chi connectivity index (χ0n) is 14.6. The Bertz CT molecular complexity index is 877. The van der Waals surface area contributed by atoms with Gasteiger partial charge in [-0.3, -0.25) is 14.5 Å². The Morgan fingerprint density at radius 1 is 1.36 bits per heavy atom. The number of rotatable bonds is 6. The molecule has 0 saturated heterocycles. The lowest BCUT2D eigenvalue weighted by Gasteiger charge is -2.15. The maximum Gasteiger partial charge on any atom is 0.258 e. The van der Waals surface area contributed by atoms with Crippen molar-refractivity contribution in [1.82, 2.24) is 25.1 Å². The SMILES string of the molecule is Cc1cc(OCC(=O)NC(C)Cn2cncn2)c2cccc(C)c2n1. The number of carbonyl (C=O) groups is 1. The van der Waals surface area contributed by atoms with Crippen molar-refractivity contribution in [2.24, 2.45) is 0 Å². The normalized spacial score (nSPS) is 12.1. The summed E-state index contributed by atoms with van der Waals surface area (Å²) in [5, 5.41) is 7.83. The molecule has 1 atom stereocenters. The highest BCUT2D eigenvalue weighted by molar-refractivity contribution is 5.88. The molecule has 25 heavy (non-hydrogen) atoms. The van der Waals surface area contributed by atoms with Gasteiger partial charge in [-0.15, -0.1) is 0 Å². The van der Waals surface area contributed by atoms with Gasteiger partial charge < -0.3 is 10.1 Å². The van der Waals surface area contributed by atoms with Crippen molar-refractivity contribution in [2.45, 2.75) is 33.4 Å². The van der Waals surface area contributed by atoms with Gasteiger partial charge >= 0.3 is 0 Å². The fourth-order valence-electron chi connectivity index (χ4n) is 2.71. The number of para-hydroxylation sites is 1. The highest BCUT2D eigenvalue weighted by Crippen LogP contribution is 2.27. The highest BCUT2D eigenvalue weighted by atomic mass is 16.5. The molecule has 0 aliphatic heterocycles. The molecule has 2 aromatic heterocycles. The summed E-state index contributed by atoms with van der Waals surface area (Å²) in [7, 11) is 0. The van der Waals surface area contributed by atoms with Crippen LogP contribution in [-0.4, -0.2) is 38.3 Å². The van der Waals surface area contributed by atoms with Crippen molar-refractivity contribution in [2.75, 3.05) is 6.61 Å². The Morgan fingerprint density at radius 3 is 2.96 bits per heavy atom. The smallest absolute Gasteiger partial charge is 0.258 e.